The molecule has 2 rings (SSSR count). The minimum Gasteiger partial charge on any atom is -0.484 e. The SMILES string of the molecule is Cc1ccc(F)c(OCc2c(Br)c(C)nn2C)c1. The standard InChI is InChI=1S/C13H14BrFN2O/c1-8-4-5-10(15)12(6-8)18-7-11-13(14)9(2)16-17(11)3/h4-6H,7H2,1-3H3. The summed E-state index contributed by atoms with van der Waals surface area (Å²) in [6.45, 7) is 4.08. The van der Waals surface area contributed by atoms with E-state index in [2.05, 4.69) is 21.0 Å². The number of benzene rings is 1. The van der Waals surface area contributed by atoms with E-state index in [9.17, 15) is 4.39 Å². The summed E-state index contributed by atoms with van der Waals surface area (Å²) in [6.07, 6.45) is 0. The maximum Gasteiger partial charge on any atom is 0.165 e. The van der Waals surface area contributed by atoms with Gasteiger partial charge in [-0.05, 0) is 47.5 Å². The Balaban J connectivity index is 2.19. The van der Waals surface area contributed by atoms with Crippen molar-refractivity contribution in [1.82, 2.24) is 9.78 Å². The maximum absolute atomic E-state index is 13.5. The van der Waals surface area contributed by atoms with Gasteiger partial charge in [-0.1, -0.05) is 6.07 Å². The van der Waals surface area contributed by atoms with E-state index < -0.39 is 0 Å². The predicted octanol–water partition coefficient (Wildman–Crippen LogP) is 3.52. The summed E-state index contributed by atoms with van der Waals surface area (Å²) in [4.78, 5) is 0. The Kier molecular flexibility index (Phi) is 3.71. The van der Waals surface area contributed by atoms with Gasteiger partial charge in [0.2, 0.25) is 0 Å². The van der Waals surface area contributed by atoms with Gasteiger partial charge < -0.3 is 4.74 Å². The molecule has 0 aliphatic carbocycles. The Bertz CT molecular complexity index is 581. The molecule has 0 saturated carbocycles. The fourth-order valence-electron chi connectivity index (χ4n) is 1.70. The van der Waals surface area contributed by atoms with Gasteiger partial charge in [0.15, 0.2) is 11.6 Å². The lowest BCUT2D eigenvalue weighted by molar-refractivity contribution is 0.279. The summed E-state index contributed by atoms with van der Waals surface area (Å²) in [6, 6.07) is 4.81. The van der Waals surface area contributed by atoms with Crippen molar-refractivity contribution in [3.63, 3.8) is 0 Å². The van der Waals surface area contributed by atoms with E-state index in [4.69, 9.17) is 4.74 Å². The monoisotopic (exact) mass is 312 g/mol. The smallest absolute Gasteiger partial charge is 0.165 e. The molecule has 96 valence electrons. The zero-order valence-electron chi connectivity index (χ0n) is 10.5. The first kappa shape index (κ1) is 13.1. The third-order valence-corrected chi connectivity index (χ3v) is 3.74. The van der Waals surface area contributed by atoms with Crippen LogP contribution in [0.25, 0.3) is 0 Å². The van der Waals surface area contributed by atoms with Crippen molar-refractivity contribution < 1.29 is 9.13 Å². The van der Waals surface area contributed by atoms with Crippen LogP contribution < -0.4 is 4.74 Å². The fraction of sp³-hybridized carbons (Fsp3) is 0.308. The second-order valence-electron chi connectivity index (χ2n) is 4.19. The van der Waals surface area contributed by atoms with Crippen molar-refractivity contribution in [2.24, 2.45) is 7.05 Å². The van der Waals surface area contributed by atoms with Gasteiger partial charge in [-0.25, -0.2) is 4.39 Å². The number of aromatic nitrogens is 2. The summed E-state index contributed by atoms with van der Waals surface area (Å²) >= 11 is 3.45. The first-order valence-electron chi connectivity index (χ1n) is 5.56. The van der Waals surface area contributed by atoms with Crippen molar-refractivity contribution in [2.75, 3.05) is 0 Å². The van der Waals surface area contributed by atoms with E-state index in [0.717, 1.165) is 21.4 Å². The number of ether oxygens (including phenoxy) is 1. The molecule has 0 amide bonds. The van der Waals surface area contributed by atoms with Crippen molar-refractivity contribution in [3.05, 3.63) is 45.4 Å². The number of hydrogen-bond donors (Lipinski definition) is 0. The fourth-order valence-corrected chi connectivity index (χ4v) is 2.15. The molecule has 0 atom stereocenters. The van der Waals surface area contributed by atoms with Crippen LogP contribution >= 0.6 is 15.9 Å². The van der Waals surface area contributed by atoms with E-state index in [0.29, 0.717) is 0 Å². The van der Waals surface area contributed by atoms with Crippen LogP contribution in [0.2, 0.25) is 0 Å². The second kappa shape index (κ2) is 5.10. The normalized spacial score (nSPS) is 10.7. The average molecular weight is 313 g/mol. The van der Waals surface area contributed by atoms with Gasteiger partial charge in [0.25, 0.3) is 0 Å². The van der Waals surface area contributed by atoms with E-state index >= 15 is 0 Å². The lowest BCUT2D eigenvalue weighted by Crippen LogP contribution is -2.04. The van der Waals surface area contributed by atoms with Crippen LogP contribution in [-0.4, -0.2) is 9.78 Å². The van der Waals surface area contributed by atoms with E-state index in [1.165, 1.54) is 6.07 Å². The summed E-state index contributed by atoms with van der Waals surface area (Å²) < 4.78 is 21.7. The van der Waals surface area contributed by atoms with Gasteiger partial charge in [-0.15, -0.1) is 0 Å². The Hall–Kier alpha value is -1.36. The molecule has 1 aromatic heterocycles. The molecule has 0 spiro atoms. The molecule has 1 aromatic carbocycles. The van der Waals surface area contributed by atoms with E-state index in [1.807, 2.05) is 20.9 Å². The zero-order chi connectivity index (χ0) is 13.3. The van der Waals surface area contributed by atoms with Gasteiger partial charge in [0.1, 0.15) is 6.61 Å². The van der Waals surface area contributed by atoms with Gasteiger partial charge in [-0.2, -0.15) is 5.10 Å². The quantitative estimate of drug-likeness (QED) is 0.867. The van der Waals surface area contributed by atoms with Crippen molar-refractivity contribution in [3.8, 4) is 5.75 Å². The molecule has 3 nitrogen and oxygen atoms in total. The van der Waals surface area contributed by atoms with Crippen LogP contribution in [0.3, 0.4) is 0 Å². The Morgan fingerprint density at radius 2 is 2.11 bits per heavy atom. The largest absolute Gasteiger partial charge is 0.484 e. The average Bonchev–Trinajstić information content (AvgIpc) is 2.55. The first-order valence-corrected chi connectivity index (χ1v) is 6.35. The minimum absolute atomic E-state index is 0.265. The summed E-state index contributed by atoms with van der Waals surface area (Å²) in [5.41, 5.74) is 2.74. The molecule has 0 aliphatic rings. The molecular weight excluding hydrogens is 299 g/mol. The summed E-state index contributed by atoms with van der Waals surface area (Å²) in [7, 11) is 1.84. The van der Waals surface area contributed by atoms with Gasteiger partial charge in [0, 0.05) is 7.05 Å². The van der Waals surface area contributed by atoms with E-state index in [-0.39, 0.29) is 18.2 Å². The van der Waals surface area contributed by atoms with Gasteiger partial charge in [0.05, 0.1) is 15.9 Å². The Labute approximate surface area is 114 Å². The first-order chi connectivity index (χ1) is 8.49. The number of nitrogens with zero attached hydrogens (tertiary/aromatic N) is 2. The summed E-state index contributed by atoms with van der Waals surface area (Å²) in [5, 5.41) is 4.26. The molecular formula is C13H14BrFN2O. The summed E-state index contributed by atoms with van der Waals surface area (Å²) in [5.74, 6) is -0.0867. The molecule has 18 heavy (non-hydrogen) atoms. The van der Waals surface area contributed by atoms with Crippen LogP contribution in [0.4, 0.5) is 4.39 Å². The lowest BCUT2D eigenvalue weighted by atomic mass is 10.2. The number of halogens is 2. The highest BCUT2D eigenvalue weighted by Crippen LogP contribution is 2.24. The van der Waals surface area contributed by atoms with Crippen LogP contribution in [0.5, 0.6) is 5.75 Å². The molecule has 0 radical (unpaired) electrons. The number of hydrogen-bond acceptors (Lipinski definition) is 2. The maximum atomic E-state index is 13.5. The van der Waals surface area contributed by atoms with Crippen LogP contribution in [0.1, 0.15) is 17.0 Å². The molecule has 1 heterocycles. The highest BCUT2D eigenvalue weighted by Gasteiger charge is 2.12. The van der Waals surface area contributed by atoms with Gasteiger partial charge >= 0.3 is 0 Å². The van der Waals surface area contributed by atoms with Crippen molar-refractivity contribution >= 4 is 15.9 Å². The van der Waals surface area contributed by atoms with Gasteiger partial charge in [-0.3, -0.25) is 4.68 Å². The highest BCUT2D eigenvalue weighted by atomic mass is 79.9. The molecule has 0 bridgehead atoms. The third-order valence-electron chi connectivity index (χ3n) is 2.71. The second-order valence-corrected chi connectivity index (χ2v) is 4.99. The predicted molar refractivity (Wildman–Crippen MR) is 71.1 cm³/mol. The highest BCUT2D eigenvalue weighted by molar-refractivity contribution is 9.10. The van der Waals surface area contributed by atoms with Crippen LogP contribution in [0, 0.1) is 19.7 Å². The Morgan fingerprint density at radius 3 is 2.72 bits per heavy atom. The van der Waals surface area contributed by atoms with E-state index in [1.54, 1.807) is 16.8 Å². The van der Waals surface area contributed by atoms with Crippen LogP contribution in [0.15, 0.2) is 22.7 Å². The third kappa shape index (κ3) is 2.56. The minimum atomic E-state index is -0.351. The topological polar surface area (TPSA) is 27.1 Å². The molecule has 0 fully saturated rings. The number of rotatable bonds is 3. The Morgan fingerprint density at radius 1 is 1.39 bits per heavy atom. The molecule has 0 saturated heterocycles. The molecule has 0 N–H and O–H groups in total. The van der Waals surface area contributed by atoms with Crippen LogP contribution in [-0.2, 0) is 13.7 Å². The molecule has 5 heteroatoms. The van der Waals surface area contributed by atoms with Crippen molar-refractivity contribution in [2.45, 2.75) is 20.5 Å². The number of aryl methyl sites for hydroxylation is 3. The lowest BCUT2D eigenvalue weighted by Gasteiger charge is -2.08. The molecule has 0 unspecified atom stereocenters. The molecule has 2 aromatic rings. The van der Waals surface area contributed by atoms with Crippen molar-refractivity contribution in [1.29, 1.82) is 0 Å². The zero-order valence-corrected chi connectivity index (χ0v) is 12.1. The molecule has 0 aliphatic heterocycles.